The van der Waals surface area contributed by atoms with Crippen molar-refractivity contribution in [2.24, 2.45) is 0 Å². The van der Waals surface area contributed by atoms with Gasteiger partial charge in [-0.2, -0.15) is 0 Å². The third-order valence-corrected chi connectivity index (χ3v) is 2.67. The molecule has 1 aliphatic rings. The summed E-state index contributed by atoms with van der Waals surface area (Å²) in [5, 5.41) is 6.04. The van der Waals surface area contributed by atoms with Crippen LogP contribution >= 0.6 is 0 Å². The Balaban J connectivity index is 2.06. The molecule has 1 aliphatic heterocycles. The van der Waals surface area contributed by atoms with Crippen LogP contribution in [0.15, 0.2) is 12.4 Å². The fourth-order valence-corrected chi connectivity index (χ4v) is 1.71. The topological polar surface area (TPSA) is 70.2 Å². The number of nitrogens with zero attached hydrogens (tertiary/aromatic N) is 3. The minimum atomic E-state index is -0.162. The Morgan fingerprint density at radius 1 is 1.44 bits per heavy atom. The summed E-state index contributed by atoms with van der Waals surface area (Å²) in [6, 6.07) is 1.62. The molecule has 6 heteroatoms. The van der Waals surface area contributed by atoms with Gasteiger partial charge in [0.2, 0.25) is 5.91 Å². The van der Waals surface area contributed by atoms with Gasteiger partial charge >= 0.3 is 0 Å². The zero-order chi connectivity index (χ0) is 11.5. The molecule has 1 saturated heterocycles. The largest absolute Gasteiger partial charge is 0.373 e. The molecule has 1 aromatic heterocycles. The fourth-order valence-electron chi connectivity index (χ4n) is 1.71. The summed E-state index contributed by atoms with van der Waals surface area (Å²) in [7, 11) is 3.60. The zero-order valence-corrected chi connectivity index (χ0v) is 9.40. The van der Waals surface area contributed by atoms with Crippen LogP contribution in [0.5, 0.6) is 0 Å². The van der Waals surface area contributed by atoms with Crippen LogP contribution in [0.4, 0.5) is 11.6 Å². The normalized spacial score (nSPS) is 20.0. The van der Waals surface area contributed by atoms with Crippen LogP contribution in [0, 0.1) is 0 Å². The van der Waals surface area contributed by atoms with Crippen molar-refractivity contribution in [1.29, 1.82) is 0 Å². The van der Waals surface area contributed by atoms with E-state index >= 15 is 0 Å². The quantitative estimate of drug-likeness (QED) is 0.761. The molecule has 0 spiro atoms. The number of carbonyl (C=O) groups excluding carboxylic acids is 1. The maximum absolute atomic E-state index is 11.7. The van der Waals surface area contributed by atoms with Crippen LogP contribution in [-0.2, 0) is 4.79 Å². The van der Waals surface area contributed by atoms with Crippen molar-refractivity contribution in [2.75, 3.05) is 31.3 Å². The maximum Gasteiger partial charge on any atom is 0.244 e. The van der Waals surface area contributed by atoms with Gasteiger partial charge in [0.1, 0.15) is 24.0 Å². The Morgan fingerprint density at radius 2 is 2.19 bits per heavy atom. The summed E-state index contributed by atoms with van der Waals surface area (Å²) in [5.41, 5.74) is 0. The lowest BCUT2D eigenvalue weighted by molar-refractivity contribution is -0.127. The standard InChI is InChI=1S/C10H15N5O/c1-11-8-5-9(13-6-12-8)14-7-3-4-15(2)10(7)16/h5-7H,3-4H2,1-2H3,(H2,11,12,13,14). The van der Waals surface area contributed by atoms with Crippen molar-refractivity contribution in [1.82, 2.24) is 14.9 Å². The average molecular weight is 221 g/mol. The highest BCUT2D eigenvalue weighted by Gasteiger charge is 2.28. The number of amides is 1. The first kappa shape index (κ1) is 10.7. The van der Waals surface area contributed by atoms with Crippen molar-refractivity contribution in [2.45, 2.75) is 12.5 Å². The molecule has 0 aliphatic carbocycles. The minimum absolute atomic E-state index is 0.115. The lowest BCUT2D eigenvalue weighted by atomic mass is 10.2. The van der Waals surface area contributed by atoms with Crippen molar-refractivity contribution < 1.29 is 4.79 Å². The van der Waals surface area contributed by atoms with E-state index in [1.807, 2.05) is 7.05 Å². The van der Waals surface area contributed by atoms with Crippen molar-refractivity contribution >= 4 is 17.5 Å². The first-order chi connectivity index (χ1) is 7.70. The van der Waals surface area contributed by atoms with E-state index in [4.69, 9.17) is 0 Å². The monoisotopic (exact) mass is 221 g/mol. The van der Waals surface area contributed by atoms with E-state index in [0.29, 0.717) is 5.82 Å². The smallest absolute Gasteiger partial charge is 0.244 e. The van der Waals surface area contributed by atoms with Gasteiger partial charge in [-0.3, -0.25) is 4.79 Å². The number of aromatic nitrogens is 2. The van der Waals surface area contributed by atoms with E-state index in [9.17, 15) is 4.79 Å². The molecular formula is C10H15N5O. The van der Waals surface area contributed by atoms with Crippen LogP contribution in [0.3, 0.4) is 0 Å². The van der Waals surface area contributed by atoms with Crippen LogP contribution in [0.2, 0.25) is 0 Å². The van der Waals surface area contributed by atoms with Crippen LogP contribution < -0.4 is 10.6 Å². The van der Waals surface area contributed by atoms with Gasteiger partial charge in [-0.05, 0) is 6.42 Å². The summed E-state index contributed by atoms with van der Waals surface area (Å²) in [5.74, 6) is 1.52. The third kappa shape index (κ3) is 2.05. The highest BCUT2D eigenvalue weighted by molar-refractivity contribution is 5.86. The average Bonchev–Trinajstić information content (AvgIpc) is 2.61. The first-order valence-electron chi connectivity index (χ1n) is 5.22. The Hall–Kier alpha value is -1.85. The number of rotatable bonds is 3. The third-order valence-electron chi connectivity index (χ3n) is 2.67. The SMILES string of the molecule is CNc1cc(NC2CCN(C)C2=O)ncn1. The lowest BCUT2D eigenvalue weighted by Gasteiger charge is -2.12. The van der Waals surface area contributed by atoms with Crippen LogP contribution in [0.25, 0.3) is 0 Å². The lowest BCUT2D eigenvalue weighted by Crippen LogP contribution is -2.31. The molecule has 16 heavy (non-hydrogen) atoms. The summed E-state index contributed by atoms with van der Waals surface area (Å²) < 4.78 is 0. The molecule has 2 N–H and O–H groups in total. The van der Waals surface area contributed by atoms with Gasteiger partial charge < -0.3 is 15.5 Å². The molecule has 86 valence electrons. The molecule has 0 radical (unpaired) electrons. The molecule has 0 aromatic carbocycles. The summed E-state index contributed by atoms with van der Waals surface area (Å²) >= 11 is 0. The van der Waals surface area contributed by atoms with Gasteiger partial charge in [0.05, 0.1) is 0 Å². The van der Waals surface area contributed by atoms with Crippen molar-refractivity contribution in [3.63, 3.8) is 0 Å². The van der Waals surface area contributed by atoms with Gasteiger partial charge in [-0.25, -0.2) is 9.97 Å². The Labute approximate surface area is 94.1 Å². The number of hydrogen-bond acceptors (Lipinski definition) is 5. The van der Waals surface area contributed by atoms with E-state index in [0.717, 1.165) is 18.8 Å². The number of carbonyl (C=O) groups is 1. The zero-order valence-electron chi connectivity index (χ0n) is 9.40. The Kier molecular flexibility index (Phi) is 2.89. The number of hydrogen-bond donors (Lipinski definition) is 2. The number of anilines is 2. The highest BCUT2D eigenvalue weighted by Crippen LogP contribution is 2.15. The van der Waals surface area contributed by atoms with Crippen LogP contribution in [0.1, 0.15) is 6.42 Å². The van der Waals surface area contributed by atoms with E-state index in [1.54, 1.807) is 18.0 Å². The Bertz CT molecular complexity index is 395. The summed E-state index contributed by atoms with van der Waals surface area (Å²) in [4.78, 5) is 21.5. The second-order valence-electron chi connectivity index (χ2n) is 3.78. The molecule has 2 rings (SSSR count). The number of likely N-dealkylation sites (tertiary alicyclic amines) is 1. The van der Waals surface area contributed by atoms with Crippen LogP contribution in [-0.4, -0.2) is 47.5 Å². The van der Waals surface area contributed by atoms with E-state index in [2.05, 4.69) is 20.6 Å². The maximum atomic E-state index is 11.7. The summed E-state index contributed by atoms with van der Waals surface area (Å²) in [6.07, 6.45) is 2.28. The molecule has 0 saturated carbocycles. The first-order valence-corrected chi connectivity index (χ1v) is 5.22. The molecule has 1 unspecified atom stereocenters. The molecule has 0 bridgehead atoms. The second-order valence-corrected chi connectivity index (χ2v) is 3.78. The van der Waals surface area contributed by atoms with Gasteiger partial charge in [0.15, 0.2) is 0 Å². The molecule has 2 heterocycles. The predicted octanol–water partition coefficient (Wildman–Crippen LogP) is 0.161. The molecule has 6 nitrogen and oxygen atoms in total. The fraction of sp³-hybridized carbons (Fsp3) is 0.500. The van der Waals surface area contributed by atoms with Crippen molar-refractivity contribution in [3.8, 4) is 0 Å². The Morgan fingerprint density at radius 3 is 2.81 bits per heavy atom. The molecule has 1 amide bonds. The van der Waals surface area contributed by atoms with Gasteiger partial charge in [0.25, 0.3) is 0 Å². The molecule has 1 atom stereocenters. The molecule has 1 aromatic rings. The van der Waals surface area contributed by atoms with E-state index in [-0.39, 0.29) is 11.9 Å². The summed E-state index contributed by atoms with van der Waals surface area (Å²) in [6.45, 7) is 0.792. The predicted molar refractivity (Wildman–Crippen MR) is 61.2 cm³/mol. The number of likely N-dealkylation sites (N-methyl/N-ethyl adjacent to an activating group) is 1. The molecule has 1 fully saturated rings. The molecular weight excluding hydrogens is 206 g/mol. The van der Waals surface area contributed by atoms with E-state index in [1.165, 1.54) is 6.33 Å². The second kappa shape index (κ2) is 4.34. The van der Waals surface area contributed by atoms with Gasteiger partial charge in [-0.1, -0.05) is 0 Å². The minimum Gasteiger partial charge on any atom is -0.373 e. The van der Waals surface area contributed by atoms with Crippen molar-refractivity contribution in [3.05, 3.63) is 12.4 Å². The number of nitrogens with one attached hydrogen (secondary N) is 2. The van der Waals surface area contributed by atoms with E-state index < -0.39 is 0 Å². The van der Waals surface area contributed by atoms with Gasteiger partial charge in [-0.15, -0.1) is 0 Å². The van der Waals surface area contributed by atoms with Gasteiger partial charge in [0, 0.05) is 26.7 Å². The highest BCUT2D eigenvalue weighted by atomic mass is 16.2.